The van der Waals surface area contributed by atoms with E-state index in [0.29, 0.717) is 34.4 Å². The summed E-state index contributed by atoms with van der Waals surface area (Å²) in [7, 11) is 0. The number of nitrogens with zero attached hydrogens (tertiary/aromatic N) is 6. The number of benzene rings is 9. The van der Waals surface area contributed by atoms with E-state index in [0.717, 1.165) is 82.3 Å². The number of ether oxygens (including phenoxy) is 2. The van der Waals surface area contributed by atoms with Crippen LogP contribution in [0.25, 0.3) is 122 Å². The second kappa shape index (κ2) is 18.8. The lowest BCUT2D eigenvalue weighted by molar-refractivity contribution is 0.221. The van der Waals surface area contributed by atoms with Gasteiger partial charge in [-0.15, -0.1) is 0 Å². The van der Waals surface area contributed by atoms with E-state index in [9.17, 15) is 10.2 Å². The Morgan fingerprint density at radius 3 is 1.50 bits per heavy atom. The van der Waals surface area contributed by atoms with E-state index in [1.54, 1.807) is 36.4 Å². The summed E-state index contributed by atoms with van der Waals surface area (Å²) in [5, 5.41) is 29.4. The van der Waals surface area contributed by atoms with Gasteiger partial charge in [-0.1, -0.05) is 115 Å². The Morgan fingerprint density at radius 1 is 0.351 bits per heavy atom. The standard InChI is InChI=1S/C34H25N3O3.C28H21N3O3/c1-20(2)39-34-36-32(25-14-8-9-15-28(25)38)35-33(37-34)27-19-30-31(24-13-7-6-12-23(24)27)26-17-16-22(18-29(26)40-30)21-10-4-3-5-11-21;1-16(2)33-28-30-26(29-27(31-28)21-9-5-6-10-23(21)32)19-11-12-20-22-13-17-7-3-4-8-18(17)14-25(22)34-24(20)15-19/h3-20,38H,1-2H3;3-16,32H,1-2H3. The highest BCUT2D eigenvalue weighted by Gasteiger charge is 2.21. The molecule has 12 heteroatoms. The molecule has 0 saturated heterocycles. The highest BCUT2D eigenvalue weighted by atomic mass is 16.5. The second-order valence-corrected chi connectivity index (χ2v) is 18.4. The zero-order valence-corrected chi connectivity index (χ0v) is 40.7. The molecule has 4 heterocycles. The summed E-state index contributed by atoms with van der Waals surface area (Å²) >= 11 is 0. The minimum atomic E-state index is -0.138. The third-order valence-corrected chi connectivity index (χ3v) is 12.6. The van der Waals surface area contributed by atoms with Crippen LogP contribution in [0.15, 0.2) is 191 Å². The summed E-state index contributed by atoms with van der Waals surface area (Å²) in [5.74, 6) is 1.73. The average molecular weight is 971 g/mol. The zero-order chi connectivity index (χ0) is 50.5. The van der Waals surface area contributed by atoms with Gasteiger partial charge in [0.15, 0.2) is 23.3 Å². The molecular formula is C62H46N6O6. The Bertz CT molecular complexity index is 4260. The van der Waals surface area contributed by atoms with Crippen LogP contribution in [0.4, 0.5) is 0 Å². The fourth-order valence-corrected chi connectivity index (χ4v) is 9.29. The molecule has 2 N–H and O–H groups in total. The molecule has 0 aliphatic heterocycles. The van der Waals surface area contributed by atoms with Crippen molar-refractivity contribution in [2.75, 3.05) is 0 Å². The van der Waals surface area contributed by atoms with Gasteiger partial charge < -0.3 is 28.5 Å². The van der Waals surface area contributed by atoms with Crippen molar-refractivity contribution >= 4 is 65.4 Å². The molecule has 360 valence electrons. The number of furan rings is 2. The van der Waals surface area contributed by atoms with E-state index < -0.39 is 0 Å². The van der Waals surface area contributed by atoms with Crippen molar-refractivity contribution in [2.45, 2.75) is 39.9 Å². The van der Waals surface area contributed by atoms with Crippen molar-refractivity contribution < 1.29 is 28.5 Å². The molecule has 0 saturated carbocycles. The maximum atomic E-state index is 10.5. The number of rotatable bonds is 9. The van der Waals surface area contributed by atoms with E-state index in [-0.39, 0.29) is 35.7 Å². The smallest absolute Gasteiger partial charge is 0.320 e. The molecule has 0 fully saturated rings. The largest absolute Gasteiger partial charge is 0.507 e. The summed E-state index contributed by atoms with van der Waals surface area (Å²) < 4.78 is 24.4. The van der Waals surface area contributed by atoms with Crippen molar-refractivity contribution in [1.82, 2.24) is 29.9 Å². The van der Waals surface area contributed by atoms with Crippen molar-refractivity contribution in [3.05, 3.63) is 182 Å². The lowest BCUT2D eigenvalue weighted by atomic mass is 9.97. The highest BCUT2D eigenvalue weighted by Crippen LogP contribution is 2.42. The Hall–Kier alpha value is -9.68. The van der Waals surface area contributed by atoms with Crippen molar-refractivity contribution in [1.29, 1.82) is 0 Å². The average Bonchev–Trinajstić information content (AvgIpc) is 3.97. The van der Waals surface area contributed by atoms with Gasteiger partial charge in [-0.25, -0.2) is 9.97 Å². The first-order valence-corrected chi connectivity index (χ1v) is 24.3. The maximum absolute atomic E-state index is 10.5. The number of para-hydroxylation sites is 2. The van der Waals surface area contributed by atoms with Gasteiger partial charge in [0.2, 0.25) is 0 Å². The monoisotopic (exact) mass is 970 g/mol. The molecule has 9 aromatic carbocycles. The minimum Gasteiger partial charge on any atom is -0.507 e. The molecule has 0 bridgehead atoms. The fourth-order valence-electron chi connectivity index (χ4n) is 9.29. The molecule has 0 spiro atoms. The molecule has 12 nitrogen and oxygen atoms in total. The third-order valence-electron chi connectivity index (χ3n) is 12.6. The maximum Gasteiger partial charge on any atom is 0.320 e. The van der Waals surface area contributed by atoms with Crippen molar-refractivity contribution in [3.63, 3.8) is 0 Å². The van der Waals surface area contributed by atoms with Crippen molar-refractivity contribution in [2.24, 2.45) is 0 Å². The van der Waals surface area contributed by atoms with E-state index in [2.05, 4.69) is 86.7 Å². The zero-order valence-electron chi connectivity index (χ0n) is 40.7. The van der Waals surface area contributed by atoms with Crippen LogP contribution < -0.4 is 9.47 Å². The molecule has 0 amide bonds. The molecule has 13 rings (SSSR count). The molecule has 0 radical (unpaired) electrons. The Morgan fingerprint density at radius 2 is 0.838 bits per heavy atom. The second-order valence-electron chi connectivity index (χ2n) is 18.4. The molecular weight excluding hydrogens is 925 g/mol. The first kappa shape index (κ1) is 45.5. The van der Waals surface area contributed by atoms with E-state index in [4.69, 9.17) is 28.3 Å². The number of fused-ring (bicyclic) bond motifs is 9. The Kier molecular flexibility index (Phi) is 11.6. The number of phenols is 2. The SMILES string of the molecule is CC(C)Oc1nc(-c2ccc3c(c2)oc2cc4ccccc4cc23)nc(-c2ccccc2O)n1.CC(C)Oc1nc(-c2ccccc2O)nc(-c2cc3oc4cc(-c5ccccc5)ccc4c3c3ccccc23)n1. The molecule has 0 atom stereocenters. The van der Waals surface area contributed by atoms with Crippen molar-refractivity contribution in [3.8, 4) is 80.2 Å². The predicted octanol–water partition coefficient (Wildman–Crippen LogP) is 15.2. The van der Waals surface area contributed by atoms with E-state index in [1.165, 1.54) is 5.39 Å². The van der Waals surface area contributed by atoms with Gasteiger partial charge in [0.05, 0.1) is 23.3 Å². The van der Waals surface area contributed by atoms with Gasteiger partial charge in [-0.05, 0) is 127 Å². The Labute approximate surface area is 424 Å². The molecule has 0 unspecified atom stereocenters. The molecule has 0 aliphatic rings. The number of hydrogen-bond acceptors (Lipinski definition) is 12. The van der Waals surface area contributed by atoms with Crippen LogP contribution in [-0.2, 0) is 0 Å². The number of aromatic hydroxyl groups is 2. The first-order valence-electron chi connectivity index (χ1n) is 24.3. The van der Waals surface area contributed by atoms with Gasteiger partial charge in [-0.3, -0.25) is 0 Å². The predicted molar refractivity (Wildman–Crippen MR) is 291 cm³/mol. The fraction of sp³-hybridized carbons (Fsp3) is 0.0968. The molecule has 13 aromatic rings. The number of hydrogen-bond donors (Lipinski definition) is 2. The number of aromatic nitrogens is 6. The summed E-state index contributed by atoms with van der Waals surface area (Å²) in [6, 6.07) is 59.5. The quantitative estimate of drug-likeness (QED) is 0.141. The van der Waals surface area contributed by atoms with Crippen LogP contribution in [-0.4, -0.2) is 52.3 Å². The minimum absolute atomic E-state index is 0.0851. The van der Waals surface area contributed by atoms with Crippen LogP contribution in [0, 0.1) is 0 Å². The normalized spacial score (nSPS) is 11.6. The number of phenolic OH excluding ortho intramolecular Hbond substituents is 2. The molecule has 0 aliphatic carbocycles. The topological polar surface area (TPSA) is 163 Å². The van der Waals surface area contributed by atoms with Crippen LogP contribution >= 0.6 is 0 Å². The van der Waals surface area contributed by atoms with Crippen LogP contribution in [0.1, 0.15) is 27.7 Å². The summed E-state index contributed by atoms with van der Waals surface area (Å²) in [5.41, 5.74) is 7.93. The Balaban J connectivity index is 0.000000152. The van der Waals surface area contributed by atoms with Crippen LogP contribution in [0.2, 0.25) is 0 Å². The lowest BCUT2D eigenvalue weighted by Crippen LogP contribution is -2.10. The van der Waals surface area contributed by atoms with Gasteiger partial charge in [0, 0.05) is 32.7 Å². The third kappa shape index (κ3) is 8.68. The van der Waals surface area contributed by atoms with E-state index >= 15 is 0 Å². The van der Waals surface area contributed by atoms with Gasteiger partial charge in [0.1, 0.15) is 33.8 Å². The highest BCUT2D eigenvalue weighted by molar-refractivity contribution is 6.22. The lowest BCUT2D eigenvalue weighted by Gasteiger charge is -2.13. The molecule has 74 heavy (non-hydrogen) atoms. The van der Waals surface area contributed by atoms with Crippen LogP contribution in [0.3, 0.4) is 0 Å². The summed E-state index contributed by atoms with van der Waals surface area (Å²) in [6.07, 6.45) is -0.250. The van der Waals surface area contributed by atoms with E-state index in [1.807, 2.05) is 107 Å². The van der Waals surface area contributed by atoms with Crippen LogP contribution in [0.5, 0.6) is 23.5 Å². The summed E-state index contributed by atoms with van der Waals surface area (Å²) in [6.45, 7) is 7.66. The molecule has 4 aromatic heterocycles. The summed E-state index contributed by atoms with van der Waals surface area (Å²) in [4.78, 5) is 27.6. The first-order chi connectivity index (χ1) is 36.1. The van der Waals surface area contributed by atoms with Gasteiger partial charge >= 0.3 is 12.0 Å². The van der Waals surface area contributed by atoms with Gasteiger partial charge in [0.25, 0.3) is 0 Å². The van der Waals surface area contributed by atoms with Gasteiger partial charge in [-0.2, -0.15) is 19.9 Å².